The Morgan fingerprint density at radius 3 is 2.57 bits per heavy atom. The third-order valence-electron chi connectivity index (χ3n) is 4.55. The second kappa shape index (κ2) is 10.9. The van der Waals surface area contributed by atoms with Crippen LogP contribution in [0.3, 0.4) is 0 Å². The lowest BCUT2D eigenvalue weighted by Crippen LogP contribution is -2.07. The first-order valence-electron chi connectivity index (χ1n) is 9.62. The van der Waals surface area contributed by atoms with Crippen LogP contribution in [-0.4, -0.2) is 20.8 Å². The van der Waals surface area contributed by atoms with Crippen molar-refractivity contribution in [1.82, 2.24) is 0 Å². The van der Waals surface area contributed by atoms with Crippen LogP contribution in [0.4, 0.5) is 0 Å². The van der Waals surface area contributed by atoms with Crippen molar-refractivity contribution in [3.05, 3.63) is 82.5 Å². The van der Waals surface area contributed by atoms with Crippen LogP contribution in [0.2, 0.25) is 0 Å². The van der Waals surface area contributed by atoms with Crippen LogP contribution in [0, 0.1) is 0 Å². The van der Waals surface area contributed by atoms with Gasteiger partial charge in [0, 0.05) is 11.5 Å². The van der Waals surface area contributed by atoms with Crippen molar-refractivity contribution < 1.29 is 18.6 Å². The maximum Gasteiger partial charge on any atom is 0.344 e. The van der Waals surface area contributed by atoms with Gasteiger partial charge in [-0.15, -0.1) is 0 Å². The molecule has 0 aliphatic rings. The van der Waals surface area contributed by atoms with E-state index < -0.39 is 5.63 Å². The zero-order chi connectivity index (χ0) is 22.1. The van der Waals surface area contributed by atoms with Crippen LogP contribution in [0.15, 0.2) is 70.1 Å². The Labute approximate surface area is 177 Å². The van der Waals surface area contributed by atoms with E-state index >= 15 is 0 Å². The predicted molar refractivity (Wildman–Crippen MR) is 123 cm³/mol. The van der Waals surface area contributed by atoms with Crippen molar-refractivity contribution in [3.8, 4) is 11.5 Å². The number of fused-ring (bicyclic) bond motifs is 1. The molecule has 0 aliphatic heterocycles. The molecule has 0 atom stereocenters. The number of hydrogen-bond acceptors (Lipinski definition) is 5. The van der Waals surface area contributed by atoms with Crippen LogP contribution in [-0.2, 0) is 4.74 Å². The Morgan fingerprint density at radius 1 is 1.17 bits per heavy atom. The normalized spacial score (nSPS) is 11.9. The third-order valence-corrected chi connectivity index (χ3v) is 4.55. The van der Waals surface area contributed by atoms with E-state index in [-0.39, 0.29) is 0 Å². The molecular formula is C25H28O5. The van der Waals surface area contributed by atoms with Gasteiger partial charge in [0.15, 0.2) is 11.5 Å². The highest BCUT2D eigenvalue weighted by molar-refractivity contribution is 5.92. The van der Waals surface area contributed by atoms with E-state index in [4.69, 9.17) is 18.6 Å². The fourth-order valence-corrected chi connectivity index (χ4v) is 2.73. The zero-order valence-corrected chi connectivity index (χ0v) is 18.0. The van der Waals surface area contributed by atoms with E-state index in [0.29, 0.717) is 40.6 Å². The van der Waals surface area contributed by atoms with Gasteiger partial charge < -0.3 is 18.6 Å². The summed E-state index contributed by atoms with van der Waals surface area (Å²) in [5.74, 6) is 1.58. The van der Waals surface area contributed by atoms with Gasteiger partial charge in [-0.25, -0.2) is 4.79 Å². The van der Waals surface area contributed by atoms with Crippen molar-refractivity contribution in [1.29, 1.82) is 0 Å². The number of ether oxygens (including phenoxy) is 3. The minimum atomic E-state index is -0.412. The zero-order valence-electron chi connectivity index (χ0n) is 18.0. The van der Waals surface area contributed by atoms with Crippen molar-refractivity contribution >= 4 is 23.1 Å². The van der Waals surface area contributed by atoms with Gasteiger partial charge in [-0.2, -0.15) is 0 Å². The van der Waals surface area contributed by atoms with E-state index in [9.17, 15) is 4.79 Å². The number of rotatable bonds is 10. The van der Waals surface area contributed by atoms with Crippen molar-refractivity contribution in [2.45, 2.75) is 20.3 Å². The molecule has 0 N–H and O–H groups in total. The van der Waals surface area contributed by atoms with Gasteiger partial charge in [0.05, 0.1) is 19.8 Å². The standard InChI is InChI=1S/C25H28O5/c1-7-17(3)14-21-19(8-2)20-15-23(28-6)24(16-22(20)30-25(21)26)29-13-11-9-10-12-18(4)27-5/h8-12,14-16H,2,4,7,13H2,1,3,5-6H3/b11-9+,12-10-,17-14+. The Kier molecular flexibility index (Phi) is 8.29. The van der Waals surface area contributed by atoms with E-state index in [2.05, 4.69) is 13.2 Å². The highest BCUT2D eigenvalue weighted by Gasteiger charge is 2.15. The molecule has 5 nitrogen and oxygen atoms in total. The van der Waals surface area contributed by atoms with Gasteiger partial charge in [0.25, 0.3) is 0 Å². The lowest BCUT2D eigenvalue weighted by atomic mass is 10.0. The lowest BCUT2D eigenvalue weighted by Gasteiger charge is -2.12. The average molecular weight is 408 g/mol. The van der Waals surface area contributed by atoms with E-state index in [1.54, 1.807) is 44.6 Å². The molecule has 158 valence electrons. The lowest BCUT2D eigenvalue weighted by molar-refractivity contribution is 0.309. The fourth-order valence-electron chi connectivity index (χ4n) is 2.73. The molecule has 1 heterocycles. The van der Waals surface area contributed by atoms with E-state index in [1.807, 2.05) is 32.1 Å². The van der Waals surface area contributed by atoms with Crippen LogP contribution in [0.5, 0.6) is 11.5 Å². The third kappa shape index (κ3) is 5.54. The molecule has 5 heteroatoms. The van der Waals surface area contributed by atoms with E-state index in [1.165, 1.54) is 0 Å². The van der Waals surface area contributed by atoms with Gasteiger partial charge in [-0.05, 0) is 43.2 Å². The number of hydrogen-bond donors (Lipinski definition) is 0. The molecule has 0 radical (unpaired) electrons. The van der Waals surface area contributed by atoms with Crippen LogP contribution < -0.4 is 15.1 Å². The molecule has 0 saturated carbocycles. The summed E-state index contributed by atoms with van der Waals surface area (Å²) in [6.45, 7) is 11.9. The smallest absolute Gasteiger partial charge is 0.344 e. The molecule has 0 spiro atoms. The monoisotopic (exact) mass is 408 g/mol. The summed E-state index contributed by atoms with van der Waals surface area (Å²) < 4.78 is 21.8. The van der Waals surface area contributed by atoms with Crippen LogP contribution >= 0.6 is 0 Å². The molecule has 0 bridgehead atoms. The highest BCUT2D eigenvalue weighted by Crippen LogP contribution is 2.35. The maximum atomic E-state index is 12.6. The Bertz CT molecular complexity index is 1070. The molecule has 1 aromatic heterocycles. The minimum Gasteiger partial charge on any atom is -0.497 e. The highest BCUT2D eigenvalue weighted by atomic mass is 16.5. The molecule has 30 heavy (non-hydrogen) atoms. The summed E-state index contributed by atoms with van der Waals surface area (Å²) in [6.07, 6.45) is 11.5. The van der Waals surface area contributed by atoms with Gasteiger partial charge in [-0.1, -0.05) is 43.9 Å². The molecular weight excluding hydrogens is 380 g/mol. The fraction of sp³-hybridized carbons (Fsp3) is 0.240. The molecule has 0 fully saturated rings. The number of benzene rings is 1. The van der Waals surface area contributed by atoms with Crippen LogP contribution in [0.25, 0.3) is 23.1 Å². The molecule has 1 aromatic carbocycles. The first-order valence-corrected chi connectivity index (χ1v) is 9.62. The Morgan fingerprint density at radius 2 is 1.93 bits per heavy atom. The summed E-state index contributed by atoms with van der Waals surface area (Å²) in [5, 5.41) is 0.737. The SMILES string of the molecule is C=Cc1c(/C=C(\C)CC)c(=O)oc2cc(OC/C=C/C=C\C(=C)OC)c(OC)cc12. The predicted octanol–water partition coefficient (Wildman–Crippen LogP) is 5.91. The molecule has 0 amide bonds. The molecule has 2 aromatic rings. The summed E-state index contributed by atoms with van der Waals surface area (Å²) in [4.78, 5) is 12.6. The molecule has 0 aliphatic carbocycles. The summed E-state index contributed by atoms with van der Waals surface area (Å²) >= 11 is 0. The largest absolute Gasteiger partial charge is 0.497 e. The molecule has 0 unspecified atom stereocenters. The quantitative estimate of drug-likeness (QED) is 0.278. The first-order chi connectivity index (χ1) is 14.4. The molecule has 0 saturated heterocycles. The topological polar surface area (TPSA) is 57.9 Å². The van der Waals surface area contributed by atoms with E-state index in [0.717, 1.165) is 17.4 Å². The Balaban J connectivity index is 2.40. The van der Waals surface area contributed by atoms with Gasteiger partial charge in [0.2, 0.25) is 0 Å². The van der Waals surface area contributed by atoms with Gasteiger partial charge in [0.1, 0.15) is 17.9 Å². The second-order valence-electron chi connectivity index (χ2n) is 6.53. The van der Waals surface area contributed by atoms with Gasteiger partial charge in [-0.3, -0.25) is 0 Å². The average Bonchev–Trinajstić information content (AvgIpc) is 2.75. The number of allylic oxidation sites excluding steroid dienone is 4. The van der Waals surface area contributed by atoms with Crippen molar-refractivity contribution in [2.75, 3.05) is 20.8 Å². The minimum absolute atomic E-state index is 0.306. The first kappa shape index (κ1) is 22.8. The maximum absolute atomic E-state index is 12.6. The Hall–Kier alpha value is -3.47. The van der Waals surface area contributed by atoms with Gasteiger partial charge >= 0.3 is 5.63 Å². The number of methoxy groups -OCH3 is 2. The molecule has 2 rings (SSSR count). The van der Waals surface area contributed by atoms with Crippen LogP contribution in [0.1, 0.15) is 31.4 Å². The summed E-state index contributed by atoms with van der Waals surface area (Å²) in [5.41, 5.74) is 2.27. The van der Waals surface area contributed by atoms with Crippen molar-refractivity contribution in [3.63, 3.8) is 0 Å². The second-order valence-corrected chi connectivity index (χ2v) is 6.53. The summed E-state index contributed by atoms with van der Waals surface area (Å²) in [7, 11) is 3.13. The summed E-state index contributed by atoms with van der Waals surface area (Å²) in [6, 6.07) is 3.47. The van der Waals surface area contributed by atoms with Crippen molar-refractivity contribution in [2.24, 2.45) is 0 Å².